The molecule has 182 valence electrons. The molecular weight excluding hydrogens is 444 g/mol. The maximum absolute atomic E-state index is 13.0. The lowest BCUT2D eigenvalue weighted by Crippen LogP contribution is -2.40. The van der Waals surface area contributed by atoms with Gasteiger partial charge in [-0.3, -0.25) is 19.9 Å². The second kappa shape index (κ2) is 12.9. The second-order valence-electron chi connectivity index (χ2n) is 7.92. The van der Waals surface area contributed by atoms with Crippen LogP contribution in [0.15, 0.2) is 77.9 Å². The summed E-state index contributed by atoms with van der Waals surface area (Å²) in [6.07, 6.45) is 2.92. The highest BCUT2D eigenvalue weighted by Gasteiger charge is 2.19. The first-order valence-corrected chi connectivity index (χ1v) is 11.3. The first kappa shape index (κ1) is 25.4. The molecule has 1 atom stereocenters. The number of hydrogen-bond acceptors (Lipinski definition) is 6. The highest BCUT2D eigenvalue weighted by molar-refractivity contribution is 5.98. The van der Waals surface area contributed by atoms with Crippen LogP contribution in [0.1, 0.15) is 23.2 Å². The number of ether oxygens (including phenoxy) is 2. The standard InChI is InChI=1S/C27H30N4O4/c1-34-24-14-11-20(17-25(24)35-2)18-26(33)31-27(28)30-22(16-19-8-4-3-5-9-19)23(32)13-12-21-10-6-7-15-29-21/h3-11,14-15,17,22H,12-13,16,18H2,1-2H3,(H3,28,30,31,33)/t22-/m1/s1. The Kier molecular flexibility index (Phi) is 9.36. The number of rotatable bonds is 11. The Labute approximate surface area is 205 Å². The molecule has 3 aromatic rings. The van der Waals surface area contributed by atoms with Gasteiger partial charge in [-0.15, -0.1) is 0 Å². The lowest BCUT2D eigenvalue weighted by atomic mass is 9.99. The van der Waals surface area contributed by atoms with Crippen molar-refractivity contribution in [3.05, 3.63) is 89.7 Å². The highest BCUT2D eigenvalue weighted by atomic mass is 16.5. The van der Waals surface area contributed by atoms with Crippen LogP contribution in [0.5, 0.6) is 11.5 Å². The van der Waals surface area contributed by atoms with E-state index >= 15 is 0 Å². The molecule has 0 fully saturated rings. The molecule has 0 aliphatic heterocycles. The number of nitrogens with one attached hydrogen (secondary N) is 1. The Bertz CT molecular complexity index is 1150. The summed E-state index contributed by atoms with van der Waals surface area (Å²) in [5, 5.41) is 2.59. The van der Waals surface area contributed by atoms with E-state index in [9.17, 15) is 9.59 Å². The molecule has 1 heterocycles. The predicted octanol–water partition coefficient (Wildman–Crippen LogP) is 2.89. The van der Waals surface area contributed by atoms with Crippen molar-refractivity contribution in [3.8, 4) is 11.5 Å². The SMILES string of the molecule is COc1ccc(CC(=O)NC(N)=N[C@H](Cc2ccccc2)C(=O)CCc2ccccn2)cc1OC. The summed E-state index contributed by atoms with van der Waals surface area (Å²) in [7, 11) is 3.08. The third-order valence-electron chi connectivity index (χ3n) is 5.37. The first-order valence-electron chi connectivity index (χ1n) is 11.3. The van der Waals surface area contributed by atoms with Crippen molar-refractivity contribution < 1.29 is 19.1 Å². The summed E-state index contributed by atoms with van der Waals surface area (Å²) in [4.78, 5) is 34.2. The number of hydrogen-bond donors (Lipinski definition) is 2. The first-order chi connectivity index (χ1) is 17.0. The van der Waals surface area contributed by atoms with Gasteiger partial charge in [0, 0.05) is 24.7 Å². The molecule has 0 aliphatic rings. The third kappa shape index (κ3) is 7.96. The van der Waals surface area contributed by atoms with Crippen LogP contribution in [0.3, 0.4) is 0 Å². The number of nitrogens with zero attached hydrogens (tertiary/aromatic N) is 2. The molecule has 8 nitrogen and oxygen atoms in total. The normalized spacial score (nSPS) is 12.0. The molecule has 0 bridgehead atoms. The zero-order chi connectivity index (χ0) is 25.0. The van der Waals surface area contributed by atoms with Crippen molar-refractivity contribution in [1.82, 2.24) is 10.3 Å². The number of amides is 1. The quantitative estimate of drug-likeness (QED) is 0.326. The van der Waals surface area contributed by atoms with E-state index in [1.807, 2.05) is 48.5 Å². The molecule has 0 aliphatic carbocycles. The van der Waals surface area contributed by atoms with Gasteiger partial charge in [0.2, 0.25) is 5.91 Å². The number of Topliss-reactive ketones (excluding diaryl/α,β-unsaturated/α-hetero) is 1. The molecule has 0 radical (unpaired) electrons. The number of aromatic nitrogens is 1. The molecular formula is C27H30N4O4. The summed E-state index contributed by atoms with van der Waals surface area (Å²) in [6.45, 7) is 0. The maximum atomic E-state index is 13.0. The fourth-order valence-electron chi connectivity index (χ4n) is 3.60. The zero-order valence-electron chi connectivity index (χ0n) is 19.9. The Balaban J connectivity index is 1.68. The van der Waals surface area contributed by atoms with Gasteiger partial charge >= 0.3 is 0 Å². The minimum Gasteiger partial charge on any atom is -0.493 e. The minimum absolute atomic E-state index is 0.0630. The maximum Gasteiger partial charge on any atom is 0.231 e. The van der Waals surface area contributed by atoms with Crippen LogP contribution in [0.25, 0.3) is 0 Å². The Morgan fingerprint density at radius 1 is 0.971 bits per heavy atom. The van der Waals surface area contributed by atoms with Crippen LogP contribution in [0, 0.1) is 0 Å². The van der Waals surface area contributed by atoms with Crippen LogP contribution in [0.2, 0.25) is 0 Å². The topological polar surface area (TPSA) is 116 Å². The molecule has 3 N–H and O–H groups in total. The Morgan fingerprint density at radius 3 is 2.40 bits per heavy atom. The van der Waals surface area contributed by atoms with E-state index in [0.29, 0.717) is 24.3 Å². The summed E-state index contributed by atoms with van der Waals surface area (Å²) >= 11 is 0. The number of guanidine groups is 1. The smallest absolute Gasteiger partial charge is 0.231 e. The molecule has 3 rings (SSSR count). The average Bonchev–Trinajstić information content (AvgIpc) is 2.87. The number of methoxy groups -OCH3 is 2. The molecule has 1 aromatic heterocycles. The van der Waals surface area contributed by atoms with Gasteiger partial charge in [-0.05, 0) is 41.8 Å². The summed E-state index contributed by atoms with van der Waals surface area (Å²) in [6, 6.07) is 19.7. The van der Waals surface area contributed by atoms with E-state index in [1.165, 1.54) is 7.11 Å². The molecule has 0 unspecified atom stereocenters. The van der Waals surface area contributed by atoms with E-state index < -0.39 is 6.04 Å². The molecule has 2 aromatic carbocycles. The lowest BCUT2D eigenvalue weighted by Gasteiger charge is -2.14. The van der Waals surface area contributed by atoms with E-state index in [4.69, 9.17) is 15.2 Å². The van der Waals surface area contributed by atoms with Crippen molar-refractivity contribution >= 4 is 17.6 Å². The number of benzene rings is 2. The van der Waals surface area contributed by atoms with Crippen LogP contribution < -0.4 is 20.5 Å². The van der Waals surface area contributed by atoms with Gasteiger partial charge in [-0.25, -0.2) is 4.99 Å². The van der Waals surface area contributed by atoms with Gasteiger partial charge in [0.1, 0.15) is 6.04 Å². The largest absolute Gasteiger partial charge is 0.493 e. The van der Waals surface area contributed by atoms with Gasteiger partial charge in [-0.1, -0.05) is 42.5 Å². The Hall–Kier alpha value is -4.20. The average molecular weight is 475 g/mol. The Morgan fingerprint density at radius 2 is 1.71 bits per heavy atom. The van der Waals surface area contributed by atoms with Crippen molar-refractivity contribution in [1.29, 1.82) is 0 Å². The number of aryl methyl sites for hydroxylation is 1. The van der Waals surface area contributed by atoms with Gasteiger partial charge in [0.15, 0.2) is 23.2 Å². The monoisotopic (exact) mass is 474 g/mol. The summed E-state index contributed by atoms with van der Waals surface area (Å²) < 4.78 is 10.5. The molecule has 35 heavy (non-hydrogen) atoms. The summed E-state index contributed by atoms with van der Waals surface area (Å²) in [5.74, 6) is 0.587. The minimum atomic E-state index is -0.720. The zero-order valence-corrected chi connectivity index (χ0v) is 19.9. The van der Waals surface area contributed by atoms with Crippen molar-refractivity contribution in [2.24, 2.45) is 10.7 Å². The third-order valence-corrected chi connectivity index (χ3v) is 5.37. The van der Waals surface area contributed by atoms with Crippen LogP contribution in [-0.2, 0) is 28.9 Å². The molecule has 1 amide bonds. The predicted molar refractivity (Wildman–Crippen MR) is 135 cm³/mol. The van der Waals surface area contributed by atoms with Crippen LogP contribution in [-0.4, -0.2) is 42.9 Å². The second-order valence-corrected chi connectivity index (χ2v) is 7.92. The van der Waals surface area contributed by atoms with E-state index in [2.05, 4.69) is 15.3 Å². The number of carbonyl (C=O) groups is 2. The number of aliphatic imine (C=N–C) groups is 1. The van der Waals surface area contributed by atoms with Gasteiger partial charge in [0.05, 0.1) is 20.6 Å². The number of ketones is 1. The summed E-state index contributed by atoms with van der Waals surface area (Å²) in [5.41, 5.74) is 8.55. The molecule has 8 heteroatoms. The van der Waals surface area contributed by atoms with Crippen LogP contribution >= 0.6 is 0 Å². The van der Waals surface area contributed by atoms with Gasteiger partial charge < -0.3 is 15.2 Å². The van der Waals surface area contributed by atoms with E-state index in [-0.39, 0.29) is 30.5 Å². The fourth-order valence-corrected chi connectivity index (χ4v) is 3.60. The lowest BCUT2D eigenvalue weighted by molar-refractivity contribution is -0.121. The van der Waals surface area contributed by atoms with Gasteiger partial charge in [0.25, 0.3) is 0 Å². The molecule has 0 saturated carbocycles. The number of nitrogens with two attached hydrogens (primary N) is 1. The fraction of sp³-hybridized carbons (Fsp3) is 0.259. The molecule has 0 saturated heterocycles. The van der Waals surface area contributed by atoms with Crippen LogP contribution in [0.4, 0.5) is 0 Å². The van der Waals surface area contributed by atoms with E-state index in [0.717, 1.165) is 16.8 Å². The highest BCUT2D eigenvalue weighted by Crippen LogP contribution is 2.27. The van der Waals surface area contributed by atoms with Gasteiger partial charge in [-0.2, -0.15) is 0 Å². The van der Waals surface area contributed by atoms with Crippen molar-refractivity contribution in [2.45, 2.75) is 31.7 Å². The number of carbonyl (C=O) groups excluding carboxylic acids is 2. The van der Waals surface area contributed by atoms with Crippen molar-refractivity contribution in [3.63, 3.8) is 0 Å². The molecule has 0 spiro atoms. The van der Waals surface area contributed by atoms with E-state index in [1.54, 1.807) is 31.5 Å². The number of pyridine rings is 1. The van der Waals surface area contributed by atoms with Crippen molar-refractivity contribution in [2.75, 3.05) is 14.2 Å².